The third-order valence-corrected chi connectivity index (χ3v) is 3.19. The standard InChI is InChI=1S/C12H24N2O/c1-3-10(2)9-14-12(15)8-11-6-4-5-7-13-11/h10-11,13H,3-9H2,1-2H3,(H,14,15). The number of carbonyl (C=O) groups excluding carboxylic acids is 1. The SMILES string of the molecule is CCC(C)CNC(=O)CC1CCCCN1. The minimum Gasteiger partial charge on any atom is -0.356 e. The Morgan fingerprint density at radius 3 is 2.93 bits per heavy atom. The van der Waals surface area contributed by atoms with Crippen LogP contribution in [0, 0.1) is 5.92 Å². The summed E-state index contributed by atoms with van der Waals surface area (Å²) < 4.78 is 0. The maximum absolute atomic E-state index is 11.6. The van der Waals surface area contributed by atoms with Crippen molar-refractivity contribution in [3.8, 4) is 0 Å². The summed E-state index contributed by atoms with van der Waals surface area (Å²) in [5.41, 5.74) is 0. The van der Waals surface area contributed by atoms with Crippen LogP contribution in [0.25, 0.3) is 0 Å². The van der Waals surface area contributed by atoms with E-state index in [9.17, 15) is 4.79 Å². The van der Waals surface area contributed by atoms with Crippen molar-refractivity contribution in [2.45, 2.75) is 52.0 Å². The molecule has 1 saturated heterocycles. The van der Waals surface area contributed by atoms with Crippen molar-refractivity contribution in [1.29, 1.82) is 0 Å². The number of hydrogen-bond acceptors (Lipinski definition) is 2. The molecule has 2 N–H and O–H groups in total. The van der Waals surface area contributed by atoms with E-state index in [0.717, 1.165) is 25.9 Å². The molecule has 0 spiro atoms. The van der Waals surface area contributed by atoms with Gasteiger partial charge in [0.1, 0.15) is 0 Å². The molecule has 1 aliphatic heterocycles. The maximum Gasteiger partial charge on any atom is 0.221 e. The van der Waals surface area contributed by atoms with Gasteiger partial charge in [0.05, 0.1) is 0 Å². The number of carbonyl (C=O) groups is 1. The molecule has 0 saturated carbocycles. The predicted molar refractivity (Wildman–Crippen MR) is 62.7 cm³/mol. The van der Waals surface area contributed by atoms with Crippen molar-refractivity contribution in [2.75, 3.05) is 13.1 Å². The lowest BCUT2D eigenvalue weighted by atomic mass is 10.0. The molecule has 2 atom stereocenters. The van der Waals surface area contributed by atoms with E-state index in [1.807, 2.05) is 0 Å². The highest BCUT2D eigenvalue weighted by Gasteiger charge is 2.16. The molecule has 0 aromatic heterocycles. The minimum absolute atomic E-state index is 0.203. The van der Waals surface area contributed by atoms with Crippen molar-refractivity contribution < 1.29 is 4.79 Å². The van der Waals surface area contributed by atoms with E-state index < -0.39 is 0 Å². The van der Waals surface area contributed by atoms with Crippen LogP contribution in [-0.4, -0.2) is 25.0 Å². The number of nitrogens with one attached hydrogen (secondary N) is 2. The number of piperidine rings is 1. The van der Waals surface area contributed by atoms with E-state index in [-0.39, 0.29) is 5.91 Å². The van der Waals surface area contributed by atoms with Crippen LogP contribution in [0.3, 0.4) is 0 Å². The highest BCUT2D eigenvalue weighted by molar-refractivity contribution is 5.76. The second-order valence-corrected chi connectivity index (χ2v) is 4.67. The fourth-order valence-corrected chi connectivity index (χ4v) is 1.83. The molecule has 0 aromatic rings. The van der Waals surface area contributed by atoms with E-state index in [1.54, 1.807) is 0 Å². The van der Waals surface area contributed by atoms with E-state index in [2.05, 4.69) is 24.5 Å². The van der Waals surface area contributed by atoms with Crippen molar-refractivity contribution in [2.24, 2.45) is 5.92 Å². The molecule has 0 radical (unpaired) electrons. The van der Waals surface area contributed by atoms with Crippen molar-refractivity contribution in [3.05, 3.63) is 0 Å². The zero-order chi connectivity index (χ0) is 11.1. The number of hydrogen-bond donors (Lipinski definition) is 2. The van der Waals surface area contributed by atoms with Gasteiger partial charge in [-0.15, -0.1) is 0 Å². The lowest BCUT2D eigenvalue weighted by Gasteiger charge is -2.23. The molecule has 15 heavy (non-hydrogen) atoms. The first-order valence-electron chi connectivity index (χ1n) is 6.22. The van der Waals surface area contributed by atoms with Crippen LogP contribution in [-0.2, 0) is 4.79 Å². The topological polar surface area (TPSA) is 41.1 Å². The van der Waals surface area contributed by atoms with Gasteiger partial charge in [-0.25, -0.2) is 0 Å². The Morgan fingerprint density at radius 2 is 2.33 bits per heavy atom. The molecule has 1 heterocycles. The van der Waals surface area contributed by atoms with Crippen LogP contribution in [0.5, 0.6) is 0 Å². The van der Waals surface area contributed by atoms with Crippen molar-refractivity contribution in [3.63, 3.8) is 0 Å². The maximum atomic E-state index is 11.6. The molecule has 88 valence electrons. The van der Waals surface area contributed by atoms with Gasteiger partial charge >= 0.3 is 0 Å². The van der Waals surface area contributed by atoms with Crippen LogP contribution in [0.15, 0.2) is 0 Å². The normalized spacial score (nSPS) is 23.5. The Hall–Kier alpha value is -0.570. The van der Waals surface area contributed by atoms with Gasteiger partial charge in [-0.3, -0.25) is 4.79 Å². The summed E-state index contributed by atoms with van der Waals surface area (Å²) in [6.45, 7) is 6.21. The fourth-order valence-electron chi connectivity index (χ4n) is 1.83. The quantitative estimate of drug-likeness (QED) is 0.728. The van der Waals surface area contributed by atoms with Crippen molar-refractivity contribution >= 4 is 5.91 Å². The van der Waals surface area contributed by atoms with Crippen LogP contribution in [0.2, 0.25) is 0 Å². The zero-order valence-electron chi connectivity index (χ0n) is 10.0. The molecular formula is C12H24N2O. The zero-order valence-corrected chi connectivity index (χ0v) is 10.0. The van der Waals surface area contributed by atoms with Gasteiger partial charge in [-0.05, 0) is 25.3 Å². The van der Waals surface area contributed by atoms with Gasteiger partial charge in [-0.1, -0.05) is 26.7 Å². The largest absolute Gasteiger partial charge is 0.356 e. The first kappa shape index (κ1) is 12.5. The second kappa shape index (κ2) is 6.83. The van der Waals surface area contributed by atoms with Gasteiger partial charge in [0.15, 0.2) is 0 Å². The average Bonchev–Trinajstić information content (AvgIpc) is 2.27. The van der Waals surface area contributed by atoms with Crippen LogP contribution < -0.4 is 10.6 Å². The molecule has 1 aliphatic rings. The van der Waals surface area contributed by atoms with Gasteiger partial charge in [-0.2, -0.15) is 0 Å². The third kappa shape index (κ3) is 5.17. The molecule has 0 aromatic carbocycles. The first-order chi connectivity index (χ1) is 7.22. The Labute approximate surface area is 93.0 Å². The summed E-state index contributed by atoms with van der Waals surface area (Å²) in [5.74, 6) is 0.794. The van der Waals surface area contributed by atoms with E-state index >= 15 is 0 Å². The lowest BCUT2D eigenvalue weighted by molar-refractivity contribution is -0.121. The van der Waals surface area contributed by atoms with Crippen LogP contribution in [0.4, 0.5) is 0 Å². The average molecular weight is 212 g/mol. The minimum atomic E-state index is 0.203. The molecule has 0 bridgehead atoms. The Balaban J connectivity index is 2.11. The van der Waals surface area contributed by atoms with Crippen LogP contribution in [0.1, 0.15) is 46.0 Å². The fraction of sp³-hybridized carbons (Fsp3) is 0.917. The van der Waals surface area contributed by atoms with Crippen molar-refractivity contribution in [1.82, 2.24) is 10.6 Å². The molecule has 3 nitrogen and oxygen atoms in total. The summed E-state index contributed by atoms with van der Waals surface area (Å²) in [7, 11) is 0. The Morgan fingerprint density at radius 1 is 1.53 bits per heavy atom. The highest BCUT2D eigenvalue weighted by Crippen LogP contribution is 2.09. The summed E-state index contributed by atoms with van der Waals surface area (Å²) in [5, 5.41) is 6.39. The Kier molecular flexibility index (Phi) is 5.69. The predicted octanol–water partition coefficient (Wildman–Crippen LogP) is 1.68. The molecule has 2 unspecified atom stereocenters. The lowest BCUT2D eigenvalue weighted by Crippen LogP contribution is -2.39. The van der Waals surface area contributed by atoms with E-state index in [1.165, 1.54) is 12.8 Å². The molecule has 0 aliphatic carbocycles. The summed E-state index contributed by atoms with van der Waals surface area (Å²) in [6.07, 6.45) is 5.44. The number of amides is 1. The molecule has 1 rings (SSSR count). The summed E-state index contributed by atoms with van der Waals surface area (Å²) >= 11 is 0. The van der Waals surface area contributed by atoms with Gasteiger partial charge < -0.3 is 10.6 Å². The summed E-state index contributed by atoms with van der Waals surface area (Å²) in [6, 6.07) is 0.413. The second-order valence-electron chi connectivity index (χ2n) is 4.67. The van der Waals surface area contributed by atoms with E-state index in [0.29, 0.717) is 18.4 Å². The molecule has 1 amide bonds. The van der Waals surface area contributed by atoms with Gasteiger partial charge in [0, 0.05) is 19.0 Å². The molecule has 1 fully saturated rings. The monoisotopic (exact) mass is 212 g/mol. The van der Waals surface area contributed by atoms with Crippen LogP contribution >= 0.6 is 0 Å². The molecular weight excluding hydrogens is 188 g/mol. The highest BCUT2D eigenvalue weighted by atomic mass is 16.1. The van der Waals surface area contributed by atoms with Gasteiger partial charge in [0.25, 0.3) is 0 Å². The number of rotatable bonds is 5. The smallest absolute Gasteiger partial charge is 0.221 e. The molecule has 3 heteroatoms. The first-order valence-corrected chi connectivity index (χ1v) is 6.22. The van der Waals surface area contributed by atoms with E-state index in [4.69, 9.17) is 0 Å². The van der Waals surface area contributed by atoms with Gasteiger partial charge in [0.2, 0.25) is 5.91 Å². The third-order valence-electron chi connectivity index (χ3n) is 3.19. The Bertz CT molecular complexity index is 188. The summed E-state index contributed by atoms with van der Waals surface area (Å²) in [4.78, 5) is 11.6.